The molecule has 26 heavy (non-hydrogen) atoms. The van der Waals surface area contributed by atoms with Crippen LogP contribution in [0.25, 0.3) is 0 Å². The van der Waals surface area contributed by atoms with Crippen molar-refractivity contribution in [1.82, 2.24) is 10.4 Å². The largest absolute Gasteiger partial charge is 0.272 e. The highest BCUT2D eigenvalue weighted by Crippen LogP contribution is 2.19. The number of benzene rings is 2. The van der Waals surface area contributed by atoms with Crippen LogP contribution in [-0.4, -0.2) is 28.3 Å². The van der Waals surface area contributed by atoms with Crippen molar-refractivity contribution in [3.05, 3.63) is 75.8 Å². The van der Waals surface area contributed by atoms with E-state index in [9.17, 15) is 19.7 Å². The Hall–Kier alpha value is -3.22. The minimum atomic E-state index is -0.562. The van der Waals surface area contributed by atoms with Gasteiger partial charge < -0.3 is 0 Å². The summed E-state index contributed by atoms with van der Waals surface area (Å²) in [5.41, 5.74) is 2.69. The van der Waals surface area contributed by atoms with E-state index >= 15 is 0 Å². The van der Waals surface area contributed by atoms with Gasteiger partial charge in [-0.2, -0.15) is 0 Å². The maximum absolute atomic E-state index is 12.9. The molecule has 0 aliphatic carbocycles. The maximum Gasteiger partial charge on any atom is 0.272 e. The summed E-state index contributed by atoms with van der Waals surface area (Å²) in [4.78, 5) is 35.7. The van der Waals surface area contributed by atoms with Gasteiger partial charge in [-0.25, -0.2) is 5.01 Å². The molecule has 0 saturated heterocycles. The third-order valence-electron chi connectivity index (χ3n) is 3.45. The fourth-order valence-electron chi connectivity index (χ4n) is 2.32. The van der Waals surface area contributed by atoms with Crippen LogP contribution in [0.15, 0.2) is 54.6 Å². The molecule has 2 rings (SSSR count). The molecule has 0 aromatic heterocycles. The van der Waals surface area contributed by atoms with Crippen molar-refractivity contribution in [1.29, 1.82) is 0 Å². The molecule has 2 amide bonds. The molecule has 7 nitrogen and oxygen atoms in total. The Balaban J connectivity index is 2.29. The Bertz CT molecular complexity index is 813. The molecule has 0 spiro atoms. The van der Waals surface area contributed by atoms with Crippen molar-refractivity contribution >= 4 is 17.5 Å². The van der Waals surface area contributed by atoms with Gasteiger partial charge in [0.1, 0.15) is 0 Å². The van der Waals surface area contributed by atoms with Crippen LogP contribution >= 0.6 is 0 Å². The molecule has 2 aromatic rings. The van der Waals surface area contributed by atoms with Crippen LogP contribution in [0.2, 0.25) is 0 Å². The second kappa shape index (κ2) is 7.77. The molecular formula is C19H21N3O4. The first-order chi connectivity index (χ1) is 12.2. The summed E-state index contributed by atoms with van der Waals surface area (Å²) in [6.07, 6.45) is 0. The number of hydrogen-bond acceptors (Lipinski definition) is 4. The first-order valence-electron chi connectivity index (χ1n) is 8.10. The number of nitrogens with zero attached hydrogens (tertiary/aromatic N) is 2. The van der Waals surface area contributed by atoms with E-state index in [1.165, 1.54) is 29.3 Å². The lowest BCUT2D eigenvalue weighted by atomic mass is 9.96. The third kappa shape index (κ3) is 5.14. The van der Waals surface area contributed by atoms with Gasteiger partial charge in [0.15, 0.2) is 0 Å². The van der Waals surface area contributed by atoms with Crippen LogP contribution in [-0.2, 0) is 0 Å². The topological polar surface area (TPSA) is 92.6 Å². The quantitative estimate of drug-likeness (QED) is 0.672. The second-order valence-corrected chi connectivity index (χ2v) is 7.07. The van der Waals surface area contributed by atoms with E-state index in [1.807, 2.05) is 20.8 Å². The van der Waals surface area contributed by atoms with Gasteiger partial charge in [0, 0.05) is 29.8 Å². The van der Waals surface area contributed by atoms with E-state index in [0.717, 1.165) is 0 Å². The minimum Gasteiger partial charge on any atom is -0.267 e. The summed E-state index contributed by atoms with van der Waals surface area (Å²) < 4.78 is 0. The molecular weight excluding hydrogens is 334 g/mol. The number of non-ortho nitro benzene ring substituents is 1. The standard InChI is InChI=1S/C19H21N3O4/c1-19(2,3)13-21(20-17(23)14-8-5-4-6-9-14)18(24)15-10-7-11-16(12-15)22(25)26/h4-12H,13H2,1-3H3,(H,20,23). The lowest BCUT2D eigenvalue weighted by molar-refractivity contribution is -0.384. The molecule has 1 N–H and O–H groups in total. The SMILES string of the molecule is CC(C)(C)CN(NC(=O)c1ccccc1)C(=O)c1cccc([N+](=O)[O-])c1. The number of nitrogens with one attached hydrogen (secondary N) is 1. The van der Waals surface area contributed by atoms with Crippen molar-refractivity contribution < 1.29 is 14.5 Å². The summed E-state index contributed by atoms with van der Waals surface area (Å²) in [6.45, 7) is 6.02. The highest BCUT2D eigenvalue weighted by atomic mass is 16.6. The molecule has 0 fully saturated rings. The zero-order chi connectivity index (χ0) is 19.3. The fraction of sp³-hybridized carbons (Fsp3) is 0.263. The van der Waals surface area contributed by atoms with Gasteiger partial charge in [-0.15, -0.1) is 0 Å². The van der Waals surface area contributed by atoms with Crippen molar-refractivity contribution in [2.45, 2.75) is 20.8 Å². The molecule has 0 aliphatic heterocycles. The molecule has 0 unspecified atom stereocenters. The van der Waals surface area contributed by atoms with Crippen molar-refractivity contribution in [2.75, 3.05) is 6.54 Å². The predicted molar refractivity (Wildman–Crippen MR) is 97.5 cm³/mol. The fourth-order valence-corrected chi connectivity index (χ4v) is 2.32. The van der Waals surface area contributed by atoms with Crippen LogP contribution in [0, 0.1) is 15.5 Å². The van der Waals surface area contributed by atoms with Crippen molar-refractivity contribution in [3.8, 4) is 0 Å². The van der Waals surface area contributed by atoms with E-state index in [-0.39, 0.29) is 23.2 Å². The average molecular weight is 355 g/mol. The maximum atomic E-state index is 12.9. The van der Waals surface area contributed by atoms with Crippen LogP contribution in [0.1, 0.15) is 41.5 Å². The Labute approximate surface area is 151 Å². The summed E-state index contributed by atoms with van der Waals surface area (Å²) in [5, 5.41) is 12.2. The molecule has 2 aromatic carbocycles. The normalized spacial score (nSPS) is 10.9. The van der Waals surface area contributed by atoms with E-state index in [1.54, 1.807) is 30.3 Å². The summed E-state index contributed by atoms with van der Waals surface area (Å²) in [5.74, 6) is -0.929. The second-order valence-electron chi connectivity index (χ2n) is 7.07. The van der Waals surface area contributed by atoms with Gasteiger partial charge in [0.25, 0.3) is 17.5 Å². The lowest BCUT2D eigenvalue weighted by Crippen LogP contribution is -2.49. The third-order valence-corrected chi connectivity index (χ3v) is 3.45. The highest BCUT2D eigenvalue weighted by Gasteiger charge is 2.25. The Morgan fingerprint density at radius 2 is 1.65 bits per heavy atom. The molecule has 0 atom stereocenters. The van der Waals surface area contributed by atoms with Gasteiger partial charge >= 0.3 is 0 Å². The summed E-state index contributed by atoms with van der Waals surface area (Å²) in [7, 11) is 0. The molecule has 0 radical (unpaired) electrons. The molecule has 0 heterocycles. The Kier molecular flexibility index (Phi) is 5.71. The zero-order valence-electron chi connectivity index (χ0n) is 14.9. The van der Waals surface area contributed by atoms with Gasteiger partial charge in [-0.3, -0.25) is 25.1 Å². The van der Waals surface area contributed by atoms with Gasteiger partial charge in [-0.05, 0) is 23.6 Å². The van der Waals surface area contributed by atoms with Crippen LogP contribution < -0.4 is 5.43 Å². The Morgan fingerprint density at radius 3 is 2.23 bits per heavy atom. The minimum absolute atomic E-state index is 0.136. The number of carbonyl (C=O) groups excluding carboxylic acids is 2. The van der Waals surface area contributed by atoms with Crippen LogP contribution in [0.5, 0.6) is 0 Å². The molecule has 0 aliphatic rings. The average Bonchev–Trinajstić information content (AvgIpc) is 2.60. The first kappa shape index (κ1) is 19.1. The number of nitro groups is 1. The lowest BCUT2D eigenvalue weighted by Gasteiger charge is -2.30. The van der Waals surface area contributed by atoms with Gasteiger partial charge in [-0.1, -0.05) is 45.0 Å². The van der Waals surface area contributed by atoms with Crippen molar-refractivity contribution in [3.63, 3.8) is 0 Å². The van der Waals surface area contributed by atoms with E-state index in [0.29, 0.717) is 5.56 Å². The van der Waals surface area contributed by atoms with Crippen molar-refractivity contribution in [2.24, 2.45) is 5.41 Å². The number of nitro benzene ring substituents is 1. The zero-order valence-corrected chi connectivity index (χ0v) is 14.9. The number of hydrogen-bond donors (Lipinski definition) is 1. The van der Waals surface area contributed by atoms with Crippen LogP contribution in [0.4, 0.5) is 5.69 Å². The first-order valence-corrected chi connectivity index (χ1v) is 8.10. The Morgan fingerprint density at radius 1 is 1.04 bits per heavy atom. The molecule has 136 valence electrons. The predicted octanol–water partition coefficient (Wildman–Crippen LogP) is 3.43. The number of rotatable bonds is 4. The monoisotopic (exact) mass is 355 g/mol. The van der Waals surface area contributed by atoms with E-state index in [4.69, 9.17) is 0 Å². The smallest absolute Gasteiger partial charge is 0.267 e. The van der Waals surface area contributed by atoms with E-state index in [2.05, 4.69) is 5.43 Å². The summed E-state index contributed by atoms with van der Waals surface area (Å²) in [6, 6.07) is 14.0. The van der Waals surface area contributed by atoms with E-state index < -0.39 is 16.7 Å². The molecule has 0 saturated carbocycles. The number of amides is 2. The van der Waals surface area contributed by atoms with Gasteiger partial charge in [0.2, 0.25) is 0 Å². The van der Waals surface area contributed by atoms with Gasteiger partial charge in [0.05, 0.1) is 4.92 Å². The number of carbonyl (C=O) groups is 2. The molecule has 0 bridgehead atoms. The molecule has 7 heteroatoms. The summed E-state index contributed by atoms with van der Waals surface area (Å²) >= 11 is 0. The number of hydrazine groups is 1. The highest BCUT2D eigenvalue weighted by molar-refractivity contribution is 5.99. The van der Waals surface area contributed by atoms with Crippen LogP contribution in [0.3, 0.4) is 0 Å².